The highest BCUT2D eigenvalue weighted by molar-refractivity contribution is 6.01. The van der Waals surface area contributed by atoms with E-state index in [2.05, 4.69) is 12.0 Å². The summed E-state index contributed by atoms with van der Waals surface area (Å²) < 4.78 is 3.49. The predicted octanol–water partition coefficient (Wildman–Crippen LogP) is 4.91. The summed E-state index contributed by atoms with van der Waals surface area (Å²) in [6.45, 7) is 6.41. The van der Waals surface area contributed by atoms with Gasteiger partial charge in [-0.2, -0.15) is 0 Å². The molecule has 9 heteroatoms. The number of anilines is 1. The Bertz CT molecular complexity index is 1460. The van der Waals surface area contributed by atoms with E-state index in [4.69, 9.17) is 10.7 Å². The molecule has 1 aromatic carbocycles. The van der Waals surface area contributed by atoms with Crippen LogP contribution in [-0.2, 0) is 11.3 Å². The van der Waals surface area contributed by atoms with Crippen LogP contribution in [0.1, 0.15) is 62.4 Å². The molecular weight excluding hydrogens is 480 g/mol. The van der Waals surface area contributed by atoms with E-state index in [0.717, 1.165) is 48.2 Å². The molecule has 0 aliphatic heterocycles. The summed E-state index contributed by atoms with van der Waals surface area (Å²) in [5, 5.41) is 14.6. The van der Waals surface area contributed by atoms with Crippen molar-refractivity contribution in [2.45, 2.75) is 59.0 Å². The largest absolute Gasteiger partial charge is 0.477 e. The summed E-state index contributed by atoms with van der Waals surface area (Å²) in [4.78, 5) is 32.1. The standard InChI is InChI=1S/C29H34N6O3/c1-18(2)35(28(36)21-8-6-19(3)7-9-21)27-24(29(37)38)16-34(32-27)23-12-10-20(11-13-23)25-17-33-14-4-5-22(15-30)26(33)31-25/h4-5,10-14,16-19,21H,6-9,15,30H2,1-3H3,(H,37,38). The third-order valence-corrected chi connectivity index (χ3v) is 7.48. The van der Waals surface area contributed by atoms with Crippen LogP contribution in [0, 0.1) is 11.8 Å². The second-order valence-electron chi connectivity index (χ2n) is 10.5. The van der Waals surface area contributed by atoms with Crippen molar-refractivity contribution in [2.75, 3.05) is 4.90 Å². The van der Waals surface area contributed by atoms with Crippen LogP contribution in [-0.4, -0.2) is 42.2 Å². The lowest BCUT2D eigenvalue weighted by Crippen LogP contribution is -2.43. The minimum atomic E-state index is -1.11. The van der Waals surface area contributed by atoms with Crippen LogP contribution in [0.15, 0.2) is 55.0 Å². The maximum atomic E-state index is 13.6. The molecule has 1 fully saturated rings. The third kappa shape index (κ3) is 4.81. The molecule has 0 spiro atoms. The number of carbonyl (C=O) groups excluding carboxylic acids is 1. The molecule has 0 unspecified atom stereocenters. The van der Waals surface area contributed by atoms with Gasteiger partial charge in [-0.25, -0.2) is 14.5 Å². The minimum Gasteiger partial charge on any atom is -0.477 e. The molecular formula is C29H34N6O3. The van der Waals surface area contributed by atoms with Crippen LogP contribution in [0.25, 0.3) is 22.6 Å². The van der Waals surface area contributed by atoms with E-state index >= 15 is 0 Å². The Morgan fingerprint density at radius 2 is 1.82 bits per heavy atom. The van der Waals surface area contributed by atoms with Gasteiger partial charge in [0.2, 0.25) is 5.91 Å². The fourth-order valence-electron chi connectivity index (χ4n) is 5.29. The van der Waals surface area contributed by atoms with Crippen molar-refractivity contribution in [3.8, 4) is 16.9 Å². The number of nitrogens with zero attached hydrogens (tertiary/aromatic N) is 5. The average Bonchev–Trinajstić information content (AvgIpc) is 3.54. The highest BCUT2D eigenvalue weighted by atomic mass is 16.4. The van der Waals surface area contributed by atoms with Crippen LogP contribution in [0.4, 0.5) is 5.82 Å². The van der Waals surface area contributed by atoms with Crippen LogP contribution < -0.4 is 10.6 Å². The van der Waals surface area contributed by atoms with Crippen molar-refractivity contribution in [3.05, 3.63) is 66.1 Å². The first-order valence-electron chi connectivity index (χ1n) is 13.2. The lowest BCUT2D eigenvalue weighted by Gasteiger charge is -2.32. The first-order valence-corrected chi connectivity index (χ1v) is 13.2. The summed E-state index contributed by atoms with van der Waals surface area (Å²) in [6.07, 6.45) is 9.04. The number of fused-ring (bicyclic) bond motifs is 1. The number of nitrogens with two attached hydrogens (primary N) is 1. The zero-order valence-electron chi connectivity index (χ0n) is 22.0. The van der Waals surface area contributed by atoms with Crippen LogP contribution in [0.3, 0.4) is 0 Å². The van der Waals surface area contributed by atoms with Crippen molar-refractivity contribution < 1.29 is 14.7 Å². The smallest absolute Gasteiger partial charge is 0.341 e. The number of hydrogen-bond acceptors (Lipinski definition) is 5. The molecule has 3 aromatic heterocycles. The molecule has 1 amide bonds. The van der Waals surface area contributed by atoms with E-state index in [-0.39, 0.29) is 29.2 Å². The number of amides is 1. The molecule has 9 nitrogen and oxygen atoms in total. The second-order valence-corrected chi connectivity index (χ2v) is 10.5. The molecule has 198 valence electrons. The van der Waals surface area contributed by atoms with E-state index in [0.29, 0.717) is 18.2 Å². The molecule has 3 heterocycles. The molecule has 0 radical (unpaired) electrons. The normalized spacial score (nSPS) is 17.7. The average molecular weight is 515 g/mol. The fraction of sp³-hybridized carbons (Fsp3) is 0.379. The summed E-state index contributed by atoms with van der Waals surface area (Å²) in [5.41, 5.74) is 10.1. The number of imidazole rings is 1. The zero-order chi connectivity index (χ0) is 27.0. The number of carboxylic acid groups (broad SMARTS) is 1. The Balaban J connectivity index is 1.46. The molecule has 0 bridgehead atoms. The molecule has 1 aliphatic carbocycles. The van der Waals surface area contributed by atoms with Crippen molar-refractivity contribution in [1.29, 1.82) is 0 Å². The first-order chi connectivity index (χ1) is 18.3. The van der Waals surface area contributed by atoms with Crippen LogP contribution in [0.2, 0.25) is 0 Å². The molecule has 0 saturated heterocycles. The van der Waals surface area contributed by atoms with E-state index in [1.165, 1.54) is 10.9 Å². The molecule has 5 rings (SSSR count). The maximum Gasteiger partial charge on any atom is 0.341 e. The molecule has 1 aliphatic rings. The second kappa shape index (κ2) is 10.4. The van der Waals surface area contributed by atoms with Gasteiger partial charge in [-0.05, 0) is 63.6 Å². The third-order valence-electron chi connectivity index (χ3n) is 7.48. The Morgan fingerprint density at radius 1 is 1.11 bits per heavy atom. The van der Waals surface area contributed by atoms with Gasteiger partial charge in [0.25, 0.3) is 0 Å². The lowest BCUT2D eigenvalue weighted by molar-refractivity contribution is -0.124. The number of hydrogen-bond donors (Lipinski definition) is 2. The van der Waals surface area contributed by atoms with Gasteiger partial charge in [0.15, 0.2) is 5.82 Å². The van der Waals surface area contributed by atoms with Gasteiger partial charge in [0.1, 0.15) is 11.2 Å². The number of rotatable bonds is 7. The Kier molecular flexibility index (Phi) is 7.03. The molecule has 38 heavy (non-hydrogen) atoms. The summed E-state index contributed by atoms with van der Waals surface area (Å²) >= 11 is 0. The SMILES string of the molecule is CC1CCC(C(=O)N(c2nn(-c3ccc(-c4cn5cccc(CN)c5n4)cc3)cc2C(=O)O)C(C)C)CC1. The van der Waals surface area contributed by atoms with Gasteiger partial charge in [-0.1, -0.05) is 25.1 Å². The van der Waals surface area contributed by atoms with E-state index in [9.17, 15) is 14.7 Å². The summed E-state index contributed by atoms with van der Waals surface area (Å²) in [7, 11) is 0. The zero-order valence-corrected chi connectivity index (χ0v) is 22.0. The number of aromatic nitrogens is 4. The van der Waals surface area contributed by atoms with Gasteiger partial charge < -0.3 is 15.2 Å². The highest BCUT2D eigenvalue weighted by Gasteiger charge is 2.34. The number of aromatic carboxylic acids is 1. The quantitative estimate of drug-likeness (QED) is 0.362. The Labute approximate surface area is 221 Å². The van der Waals surface area contributed by atoms with E-state index in [1.807, 2.05) is 67.0 Å². The van der Waals surface area contributed by atoms with Gasteiger partial charge in [-0.3, -0.25) is 9.69 Å². The monoisotopic (exact) mass is 514 g/mol. The van der Waals surface area contributed by atoms with Crippen molar-refractivity contribution >= 4 is 23.3 Å². The van der Waals surface area contributed by atoms with Crippen molar-refractivity contribution in [1.82, 2.24) is 19.2 Å². The van der Waals surface area contributed by atoms with Gasteiger partial charge in [0, 0.05) is 48.2 Å². The lowest BCUT2D eigenvalue weighted by atomic mass is 9.82. The van der Waals surface area contributed by atoms with Crippen molar-refractivity contribution in [2.24, 2.45) is 17.6 Å². The topological polar surface area (TPSA) is 119 Å². The van der Waals surface area contributed by atoms with Gasteiger partial charge in [-0.15, -0.1) is 5.10 Å². The minimum absolute atomic E-state index is 0.00923. The summed E-state index contributed by atoms with van der Waals surface area (Å²) in [6, 6.07) is 11.3. The summed E-state index contributed by atoms with van der Waals surface area (Å²) in [5.74, 6) is -0.455. The van der Waals surface area contributed by atoms with Crippen LogP contribution >= 0.6 is 0 Å². The molecule has 1 saturated carbocycles. The molecule has 0 atom stereocenters. The van der Waals surface area contributed by atoms with E-state index < -0.39 is 5.97 Å². The number of carboxylic acids is 1. The maximum absolute atomic E-state index is 13.6. The number of carbonyl (C=O) groups is 2. The molecule has 3 N–H and O–H groups in total. The first kappa shape index (κ1) is 25.7. The van der Waals surface area contributed by atoms with Gasteiger partial charge >= 0.3 is 5.97 Å². The van der Waals surface area contributed by atoms with Crippen LogP contribution in [0.5, 0.6) is 0 Å². The predicted molar refractivity (Wildman–Crippen MR) is 146 cm³/mol. The van der Waals surface area contributed by atoms with Crippen molar-refractivity contribution in [3.63, 3.8) is 0 Å². The van der Waals surface area contributed by atoms with Gasteiger partial charge in [0.05, 0.1) is 11.4 Å². The Morgan fingerprint density at radius 3 is 2.45 bits per heavy atom. The number of pyridine rings is 1. The van der Waals surface area contributed by atoms with E-state index in [1.54, 1.807) is 4.90 Å². The fourth-order valence-corrected chi connectivity index (χ4v) is 5.29. The highest BCUT2D eigenvalue weighted by Crippen LogP contribution is 2.33. The Hall–Kier alpha value is -3.98. The molecule has 4 aromatic rings. The number of benzene rings is 1.